The highest BCUT2D eigenvalue weighted by Gasteiger charge is 2.60. The van der Waals surface area contributed by atoms with Crippen LogP contribution >= 0.6 is 0 Å². The maximum absolute atomic E-state index is 14.0. The molecule has 0 saturated carbocycles. The summed E-state index contributed by atoms with van der Waals surface area (Å²) in [6.07, 6.45) is 0.998. The van der Waals surface area contributed by atoms with E-state index in [0.29, 0.717) is 42.8 Å². The molecular weight excluding hydrogens is 496 g/mol. The second-order valence-electron chi connectivity index (χ2n) is 9.44. The predicted molar refractivity (Wildman–Crippen MR) is 148 cm³/mol. The van der Waals surface area contributed by atoms with Gasteiger partial charge in [0.25, 0.3) is 5.91 Å². The highest BCUT2D eigenvalue weighted by atomic mass is 16.7. The fourth-order valence-electron chi connectivity index (χ4n) is 5.11. The van der Waals surface area contributed by atoms with Crippen molar-refractivity contribution in [3.05, 3.63) is 78.4 Å². The summed E-state index contributed by atoms with van der Waals surface area (Å²) < 4.78 is 17.5. The van der Waals surface area contributed by atoms with E-state index in [4.69, 9.17) is 19.0 Å². The van der Waals surface area contributed by atoms with Crippen LogP contribution in [0.5, 0.6) is 17.2 Å². The van der Waals surface area contributed by atoms with E-state index in [1.54, 1.807) is 29.3 Å². The number of hydroxylamine groups is 1. The molecular formula is C31H34N2O6. The summed E-state index contributed by atoms with van der Waals surface area (Å²) in [7, 11) is 0. The Balaban J connectivity index is 1.54. The Kier molecular flexibility index (Phi) is 8.02. The number of amides is 2. The molecule has 8 nitrogen and oxygen atoms in total. The summed E-state index contributed by atoms with van der Waals surface area (Å²) in [5, 5.41) is 1.68. The van der Waals surface area contributed by atoms with Crippen molar-refractivity contribution in [1.82, 2.24) is 0 Å². The number of nitrogens with zero attached hydrogens (tertiary/aromatic N) is 2. The van der Waals surface area contributed by atoms with Crippen LogP contribution in [0, 0.1) is 5.92 Å². The van der Waals surface area contributed by atoms with Gasteiger partial charge in [-0.25, -0.2) is 9.96 Å². The number of para-hydroxylation sites is 1. The lowest BCUT2D eigenvalue weighted by molar-refractivity contribution is -0.126. The Labute approximate surface area is 229 Å². The van der Waals surface area contributed by atoms with Crippen LogP contribution in [0.2, 0.25) is 0 Å². The molecule has 2 aliphatic heterocycles. The van der Waals surface area contributed by atoms with Gasteiger partial charge < -0.3 is 14.2 Å². The van der Waals surface area contributed by atoms with Gasteiger partial charge in [0.1, 0.15) is 11.7 Å². The molecule has 2 heterocycles. The van der Waals surface area contributed by atoms with Gasteiger partial charge in [-0.05, 0) is 62.2 Å². The minimum absolute atomic E-state index is 0.316. The van der Waals surface area contributed by atoms with Crippen LogP contribution in [-0.4, -0.2) is 37.7 Å². The number of hydrogen-bond acceptors (Lipinski definition) is 7. The smallest absolute Gasteiger partial charge is 0.266 e. The lowest BCUT2D eigenvalue weighted by Gasteiger charge is -2.29. The molecule has 0 radical (unpaired) electrons. The first-order chi connectivity index (χ1) is 19.1. The zero-order valence-corrected chi connectivity index (χ0v) is 22.5. The number of carbonyl (C=O) groups excluding carboxylic acids is 2. The van der Waals surface area contributed by atoms with Crippen LogP contribution in [0.4, 0.5) is 11.4 Å². The molecule has 2 saturated heterocycles. The van der Waals surface area contributed by atoms with Gasteiger partial charge in [-0.2, -0.15) is 0 Å². The van der Waals surface area contributed by atoms with Gasteiger partial charge in [-0.3, -0.25) is 14.4 Å². The number of imide groups is 1. The summed E-state index contributed by atoms with van der Waals surface area (Å²) in [6, 6.07) is 21.7. The molecule has 8 heteroatoms. The summed E-state index contributed by atoms with van der Waals surface area (Å²) in [4.78, 5) is 35.1. The fourth-order valence-corrected chi connectivity index (χ4v) is 5.11. The third-order valence-corrected chi connectivity index (χ3v) is 6.88. The maximum Gasteiger partial charge on any atom is 0.266 e. The molecule has 5 rings (SSSR count). The third kappa shape index (κ3) is 5.16. The number of benzene rings is 3. The Morgan fingerprint density at radius 3 is 2.28 bits per heavy atom. The first kappa shape index (κ1) is 26.6. The van der Waals surface area contributed by atoms with Crippen LogP contribution in [0.1, 0.15) is 45.2 Å². The average Bonchev–Trinajstić information content (AvgIpc) is 3.46. The van der Waals surface area contributed by atoms with Crippen molar-refractivity contribution in [3.8, 4) is 17.2 Å². The second-order valence-corrected chi connectivity index (χ2v) is 9.44. The highest BCUT2D eigenvalue weighted by Crippen LogP contribution is 2.49. The Morgan fingerprint density at radius 2 is 1.54 bits per heavy atom. The van der Waals surface area contributed by atoms with Crippen molar-refractivity contribution >= 4 is 23.2 Å². The average molecular weight is 531 g/mol. The normalized spacial score (nSPS) is 20.3. The van der Waals surface area contributed by atoms with Crippen LogP contribution in [0.25, 0.3) is 0 Å². The van der Waals surface area contributed by atoms with Gasteiger partial charge in [-0.1, -0.05) is 43.7 Å². The minimum atomic E-state index is -0.963. The largest absolute Gasteiger partial charge is 0.494 e. The molecule has 0 N–H and O–H groups in total. The quantitative estimate of drug-likeness (QED) is 0.232. The maximum atomic E-state index is 14.0. The minimum Gasteiger partial charge on any atom is -0.494 e. The molecule has 0 unspecified atom stereocenters. The first-order valence-corrected chi connectivity index (χ1v) is 13.6. The summed E-state index contributed by atoms with van der Waals surface area (Å²) in [5.74, 6) is 0.375. The van der Waals surface area contributed by atoms with E-state index in [0.717, 1.165) is 24.1 Å². The number of unbranched alkanes of at least 4 members (excludes halogenated alkanes) is 1. The summed E-state index contributed by atoms with van der Waals surface area (Å²) in [5.41, 5.74) is 2.01. The number of ether oxygens (including phenoxy) is 3. The number of rotatable bonds is 11. The van der Waals surface area contributed by atoms with Gasteiger partial charge >= 0.3 is 0 Å². The zero-order chi connectivity index (χ0) is 27.4. The first-order valence-electron chi connectivity index (χ1n) is 13.6. The van der Waals surface area contributed by atoms with Gasteiger partial charge in [0.2, 0.25) is 5.91 Å². The van der Waals surface area contributed by atoms with Crippen molar-refractivity contribution in [3.63, 3.8) is 0 Å². The van der Waals surface area contributed by atoms with Crippen molar-refractivity contribution < 1.29 is 28.6 Å². The summed E-state index contributed by atoms with van der Waals surface area (Å²) >= 11 is 0. The van der Waals surface area contributed by atoms with Crippen molar-refractivity contribution in [2.45, 2.75) is 45.8 Å². The molecule has 2 amide bonds. The topological polar surface area (TPSA) is 77.5 Å². The Morgan fingerprint density at radius 1 is 0.769 bits per heavy atom. The zero-order valence-electron chi connectivity index (χ0n) is 22.5. The number of hydrogen-bond donors (Lipinski definition) is 0. The van der Waals surface area contributed by atoms with Crippen molar-refractivity contribution in [1.29, 1.82) is 0 Å². The molecule has 0 aliphatic carbocycles. The van der Waals surface area contributed by atoms with Gasteiger partial charge in [-0.15, -0.1) is 0 Å². The van der Waals surface area contributed by atoms with Crippen molar-refractivity contribution in [2.75, 3.05) is 29.8 Å². The molecule has 3 aromatic rings. The molecule has 3 atom stereocenters. The van der Waals surface area contributed by atoms with E-state index in [1.807, 2.05) is 62.4 Å². The highest BCUT2D eigenvalue weighted by molar-refractivity contribution is 6.24. The number of anilines is 2. The standard InChI is InChI=1S/C31H34N2O6/c1-4-7-18-38-25-17-16-21(19-26(25)37-6-3)28-27-29(39-33(28)22-12-9-8-10-13-22)31(35)32(30(27)34)23-14-11-15-24(20-23)36-5-2/h8-17,19-20,27-29H,4-7,18H2,1-3H3/t27-,28+,29+/m0/s1. The second kappa shape index (κ2) is 11.8. The van der Waals surface area contributed by atoms with Gasteiger partial charge in [0.05, 0.1) is 37.2 Å². The van der Waals surface area contributed by atoms with E-state index in [1.165, 1.54) is 4.90 Å². The number of carbonyl (C=O) groups is 2. The van der Waals surface area contributed by atoms with Crippen molar-refractivity contribution in [2.24, 2.45) is 5.92 Å². The van der Waals surface area contributed by atoms with E-state index < -0.39 is 24.0 Å². The lowest BCUT2D eigenvalue weighted by atomic mass is 9.90. The summed E-state index contributed by atoms with van der Waals surface area (Å²) in [6.45, 7) is 7.45. The fraction of sp³-hybridized carbons (Fsp3) is 0.355. The monoisotopic (exact) mass is 530 g/mol. The van der Waals surface area contributed by atoms with Crippen LogP contribution in [0.3, 0.4) is 0 Å². The predicted octanol–water partition coefficient (Wildman–Crippen LogP) is 5.71. The van der Waals surface area contributed by atoms with E-state index in [-0.39, 0.29) is 5.91 Å². The van der Waals surface area contributed by atoms with E-state index >= 15 is 0 Å². The van der Waals surface area contributed by atoms with Gasteiger partial charge in [0.15, 0.2) is 17.6 Å². The van der Waals surface area contributed by atoms with Crippen LogP contribution in [0.15, 0.2) is 72.8 Å². The van der Waals surface area contributed by atoms with E-state index in [2.05, 4.69) is 6.92 Å². The van der Waals surface area contributed by atoms with Crippen LogP contribution < -0.4 is 24.2 Å². The molecule has 2 fully saturated rings. The molecule has 0 spiro atoms. The van der Waals surface area contributed by atoms with Gasteiger partial charge in [0, 0.05) is 6.07 Å². The van der Waals surface area contributed by atoms with E-state index in [9.17, 15) is 9.59 Å². The molecule has 2 aliphatic rings. The molecule has 39 heavy (non-hydrogen) atoms. The SMILES string of the molecule is CCCCOc1ccc([C@@H]2[C@@H]3C(=O)N(c4cccc(OCC)c4)C(=O)[C@@H]3ON2c2ccccc2)cc1OCC. The number of fused-ring (bicyclic) bond motifs is 1. The molecule has 3 aromatic carbocycles. The third-order valence-electron chi connectivity index (χ3n) is 6.88. The Hall–Kier alpha value is -4.04. The molecule has 0 aromatic heterocycles. The molecule has 204 valence electrons. The van der Waals surface area contributed by atoms with Crippen LogP contribution in [-0.2, 0) is 14.4 Å². The molecule has 0 bridgehead atoms. The lowest BCUT2D eigenvalue weighted by Crippen LogP contribution is -2.37. The Bertz CT molecular complexity index is 1310.